The fraction of sp³-hybridized carbons (Fsp3) is 0.500. The van der Waals surface area contributed by atoms with Crippen LogP contribution in [0.5, 0.6) is 0 Å². The first-order valence-corrected chi connectivity index (χ1v) is 6.22. The van der Waals surface area contributed by atoms with Gasteiger partial charge >= 0.3 is 0 Å². The molecule has 0 radical (unpaired) electrons. The molecule has 1 unspecified atom stereocenters. The Morgan fingerprint density at radius 2 is 2.28 bits per heavy atom. The molecule has 0 aliphatic heterocycles. The summed E-state index contributed by atoms with van der Waals surface area (Å²) < 4.78 is 5.21. The van der Waals surface area contributed by atoms with Crippen LogP contribution in [-0.2, 0) is 9.53 Å². The lowest BCUT2D eigenvalue weighted by molar-refractivity contribution is -0.124. The number of anilines is 1. The van der Waals surface area contributed by atoms with Crippen LogP contribution in [0.1, 0.15) is 18.4 Å². The highest BCUT2D eigenvalue weighted by atomic mass is 16.5. The molecule has 1 aromatic rings. The van der Waals surface area contributed by atoms with Crippen LogP contribution in [0.2, 0.25) is 0 Å². The van der Waals surface area contributed by atoms with Gasteiger partial charge in [0.25, 0.3) is 0 Å². The summed E-state index contributed by atoms with van der Waals surface area (Å²) in [6.45, 7) is 2.32. The van der Waals surface area contributed by atoms with Crippen LogP contribution >= 0.6 is 0 Å². The van der Waals surface area contributed by atoms with E-state index in [2.05, 4.69) is 5.32 Å². The average molecular weight is 248 g/mol. The Labute approximate surface area is 108 Å². The number of ether oxygens (including phenoxy) is 1. The molecule has 0 spiro atoms. The van der Waals surface area contributed by atoms with E-state index in [1.165, 1.54) is 0 Å². The standard InChI is InChI=1S/C14H20N2O2/c1-10-4-3-5-12(8-10)16-14(9-18-2,13(15)17)11-6-7-11/h3-5,8,11,16H,6-7,9H2,1-2H3,(H2,15,17). The van der Waals surface area contributed by atoms with Crippen molar-refractivity contribution in [2.75, 3.05) is 19.0 Å². The molecular weight excluding hydrogens is 228 g/mol. The Morgan fingerprint density at radius 3 is 2.78 bits per heavy atom. The van der Waals surface area contributed by atoms with Crippen molar-refractivity contribution in [2.45, 2.75) is 25.3 Å². The van der Waals surface area contributed by atoms with Crippen molar-refractivity contribution >= 4 is 11.6 Å². The third-order valence-electron chi connectivity index (χ3n) is 3.47. The molecule has 1 atom stereocenters. The van der Waals surface area contributed by atoms with Gasteiger partial charge in [-0.3, -0.25) is 4.79 Å². The van der Waals surface area contributed by atoms with E-state index >= 15 is 0 Å². The molecule has 2 rings (SSSR count). The summed E-state index contributed by atoms with van der Waals surface area (Å²) in [6.07, 6.45) is 2.04. The molecule has 0 heterocycles. The summed E-state index contributed by atoms with van der Waals surface area (Å²) >= 11 is 0. The van der Waals surface area contributed by atoms with E-state index in [4.69, 9.17) is 10.5 Å². The molecule has 0 saturated heterocycles. The normalized spacial score (nSPS) is 18.1. The number of nitrogens with one attached hydrogen (secondary N) is 1. The number of hydrogen-bond donors (Lipinski definition) is 2. The average Bonchev–Trinajstić information content (AvgIpc) is 3.12. The molecule has 4 nitrogen and oxygen atoms in total. The van der Waals surface area contributed by atoms with Crippen LogP contribution in [0.4, 0.5) is 5.69 Å². The van der Waals surface area contributed by atoms with Gasteiger partial charge in [0.05, 0.1) is 6.61 Å². The lowest BCUT2D eigenvalue weighted by atomic mass is 9.92. The minimum atomic E-state index is -0.775. The van der Waals surface area contributed by atoms with Gasteiger partial charge in [-0.05, 0) is 43.4 Å². The summed E-state index contributed by atoms with van der Waals surface area (Å²) in [5.41, 5.74) is 6.89. The lowest BCUT2D eigenvalue weighted by Crippen LogP contribution is -2.55. The van der Waals surface area contributed by atoms with Crippen molar-refractivity contribution in [1.82, 2.24) is 0 Å². The number of benzene rings is 1. The maximum atomic E-state index is 11.9. The van der Waals surface area contributed by atoms with E-state index in [1.807, 2.05) is 31.2 Å². The summed E-state index contributed by atoms with van der Waals surface area (Å²) in [6, 6.07) is 7.94. The second kappa shape index (κ2) is 4.98. The third-order valence-corrected chi connectivity index (χ3v) is 3.47. The van der Waals surface area contributed by atoms with Crippen molar-refractivity contribution in [2.24, 2.45) is 11.7 Å². The predicted molar refractivity (Wildman–Crippen MR) is 71.3 cm³/mol. The Balaban J connectivity index is 2.26. The van der Waals surface area contributed by atoms with Crippen LogP contribution in [0, 0.1) is 12.8 Å². The van der Waals surface area contributed by atoms with Gasteiger partial charge in [0.15, 0.2) is 0 Å². The molecule has 0 bridgehead atoms. The van der Waals surface area contributed by atoms with Crippen molar-refractivity contribution in [3.05, 3.63) is 29.8 Å². The summed E-state index contributed by atoms with van der Waals surface area (Å²) in [5.74, 6) is -0.0659. The summed E-state index contributed by atoms with van der Waals surface area (Å²) in [5, 5.41) is 3.30. The highest BCUT2D eigenvalue weighted by Gasteiger charge is 2.50. The minimum Gasteiger partial charge on any atom is -0.382 e. The van der Waals surface area contributed by atoms with Gasteiger partial charge in [-0.1, -0.05) is 12.1 Å². The van der Waals surface area contributed by atoms with Gasteiger partial charge in [-0.15, -0.1) is 0 Å². The van der Waals surface area contributed by atoms with Gasteiger partial charge in [0.1, 0.15) is 5.54 Å². The molecule has 0 aromatic heterocycles. The second-order valence-corrected chi connectivity index (χ2v) is 5.04. The Kier molecular flexibility index (Phi) is 3.57. The molecule has 1 aromatic carbocycles. The van der Waals surface area contributed by atoms with E-state index in [0.717, 1.165) is 24.1 Å². The van der Waals surface area contributed by atoms with Gasteiger partial charge < -0.3 is 15.8 Å². The van der Waals surface area contributed by atoms with E-state index in [0.29, 0.717) is 6.61 Å². The van der Waals surface area contributed by atoms with Gasteiger partial charge in [-0.25, -0.2) is 0 Å². The smallest absolute Gasteiger partial charge is 0.245 e. The molecule has 98 valence electrons. The zero-order valence-electron chi connectivity index (χ0n) is 10.9. The first-order valence-electron chi connectivity index (χ1n) is 6.22. The van der Waals surface area contributed by atoms with E-state index < -0.39 is 5.54 Å². The van der Waals surface area contributed by atoms with Crippen molar-refractivity contribution in [1.29, 1.82) is 0 Å². The third kappa shape index (κ3) is 2.48. The first-order chi connectivity index (χ1) is 8.58. The van der Waals surface area contributed by atoms with E-state index in [-0.39, 0.29) is 11.8 Å². The van der Waals surface area contributed by atoms with Crippen molar-refractivity contribution in [3.8, 4) is 0 Å². The number of amides is 1. The van der Waals surface area contributed by atoms with Crippen LogP contribution in [0.3, 0.4) is 0 Å². The van der Waals surface area contributed by atoms with Crippen LogP contribution in [0.15, 0.2) is 24.3 Å². The number of carbonyl (C=O) groups is 1. The van der Waals surface area contributed by atoms with E-state index in [1.54, 1.807) is 7.11 Å². The monoisotopic (exact) mass is 248 g/mol. The predicted octanol–water partition coefficient (Wildman–Crippen LogP) is 1.69. The Hall–Kier alpha value is -1.55. The molecule has 1 saturated carbocycles. The number of aryl methyl sites for hydroxylation is 1. The molecule has 18 heavy (non-hydrogen) atoms. The molecule has 1 fully saturated rings. The maximum Gasteiger partial charge on any atom is 0.245 e. The largest absolute Gasteiger partial charge is 0.382 e. The number of carbonyl (C=O) groups excluding carboxylic acids is 1. The number of hydrogen-bond acceptors (Lipinski definition) is 3. The Bertz CT molecular complexity index is 443. The molecule has 4 heteroatoms. The minimum absolute atomic E-state index is 0.274. The number of primary amides is 1. The second-order valence-electron chi connectivity index (χ2n) is 5.04. The number of methoxy groups -OCH3 is 1. The zero-order valence-corrected chi connectivity index (χ0v) is 10.9. The lowest BCUT2D eigenvalue weighted by Gasteiger charge is -2.32. The highest BCUT2D eigenvalue weighted by Crippen LogP contribution is 2.41. The van der Waals surface area contributed by atoms with Gasteiger partial charge in [0.2, 0.25) is 5.91 Å². The fourth-order valence-corrected chi connectivity index (χ4v) is 2.37. The first kappa shape index (κ1) is 12.9. The van der Waals surface area contributed by atoms with Crippen LogP contribution in [0.25, 0.3) is 0 Å². The van der Waals surface area contributed by atoms with E-state index in [9.17, 15) is 4.79 Å². The molecular formula is C14H20N2O2. The van der Waals surface area contributed by atoms with Crippen molar-refractivity contribution < 1.29 is 9.53 Å². The molecule has 3 N–H and O–H groups in total. The molecule has 1 aliphatic carbocycles. The Morgan fingerprint density at radius 1 is 1.56 bits per heavy atom. The molecule has 1 amide bonds. The quantitative estimate of drug-likeness (QED) is 0.805. The summed E-state index contributed by atoms with van der Waals surface area (Å²) in [7, 11) is 1.60. The topological polar surface area (TPSA) is 64.3 Å². The van der Waals surface area contributed by atoms with Gasteiger partial charge in [0, 0.05) is 12.8 Å². The molecule has 1 aliphatic rings. The number of rotatable bonds is 6. The van der Waals surface area contributed by atoms with Gasteiger partial charge in [-0.2, -0.15) is 0 Å². The number of nitrogens with two attached hydrogens (primary N) is 1. The fourth-order valence-electron chi connectivity index (χ4n) is 2.37. The van der Waals surface area contributed by atoms with Crippen LogP contribution in [-0.4, -0.2) is 25.2 Å². The SMILES string of the molecule is COCC(Nc1cccc(C)c1)(C(N)=O)C1CC1. The maximum absolute atomic E-state index is 11.9. The summed E-state index contributed by atoms with van der Waals surface area (Å²) in [4.78, 5) is 11.9. The van der Waals surface area contributed by atoms with Crippen molar-refractivity contribution in [3.63, 3.8) is 0 Å². The van der Waals surface area contributed by atoms with Crippen LogP contribution < -0.4 is 11.1 Å². The highest BCUT2D eigenvalue weighted by molar-refractivity contribution is 5.89. The zero-order chi connectivity index (χ0) is 13.2.